The third-order valence-corrected chi connectivity index (χ3v) is 3.27. The minimum Gasteiger partial charge on any atom is -0.455 e. The molecule has 1 saturated heterocycles. The summed E-state index contributed by atoms with van der Waals surface area (Å²) in [4.78, 5) is 23.1. The summed E-state index contributed by atoms with van der Waals surface area (Å²) in [6.07, 6.45) is 1.59. The van der Waals surface area contributed by atoms with E-state index in [9.17, 15) is 19.8 Å². The van der Waals surface area contributed by atoms with Crippen LogP contribution in [-0.2, 0) is 19.1 Å². The van der Waals surface area contributed by atoms with Crippen LogP contribution in [-0.4, -0.2) is 46.6 Å². The molecule has 0 aliphatic carbocycles. The molecule has 4 atom stereocenters. The lowest BCUT2D eigenvalue weighted by molar-refractivity contribution is -0.170. The maximum atomic E-state index is 11.8. The lowest BCUT2D eigenvalue weighted by Gasteiger charge is -2.29. The summed E-state index contributed by atoms with van der Waals surface area (Å²) in [5.41, 5.74) is 0.471. The molecular weight excluding hydrogens is 276 g/mol. The molecule has 6 heteroatoms. The highest BCUT2D eigenvalue weighted by Crippen LogP contribution is 2.21. The molecule has 2 N–H and O–H groups in total. The molecule has 1 fully saturated rings. The van der Waals surface area contributed by atoms with Crippen molar-refractivity contribution in [3.05, 3.63) is 23.8 Å². The summed E-state index contributed by atoms with van der Waals surface area (Å²) in [6, 6.07) is 0. The summed E-state index contributed by atoms with van der Waals surface area (Å²) < 4.78 is 10.4. The summed E-state index contributed by atoms with van der Waals surface area (Å²) in [5, 5.41) is 18.7. The predicted molar refractivity (Wildman–Crippen MR) is 75.3 cm³/mol. The van der Waals surface area contributed by atoms with E-state index in [-0.39, 0.29) is 12.4 Å². The Morgan fingerprint density at radius 1 is 1.48 bits per heavy atom. The molecule has 21 heavy (non-hydrogen) atoms. The number of hydrogen-bond acceptors (Lipinski definition) is 6. The van der Waals surface area contributed by atoms with Gasteiger partial charge in [-0.3, -0.25) is 4.79 Å². The van der Waals surface area contributed by atoms with Crippen molar-refractivity contribution in [3.63, 3.8) is 0 Å². The topological polar surface area (TPSA) is 93.1 Å². The standard InChI is InChI=1S/C15H22O6/c1-4-9(2)15(19)21-13-7-8-14(18)20-12(13)6-5-11(17)10(3)16/h4-6,10-13,16-17H,7-8H2,1-3H3/b6-5+,9-4+. The molecule has 1 aliphatic rings. The van der Waals surface area contributed by atoms with Crippen molar-refractivity contribution < 1.29 is 29.3 Å². The number of carbonyl (C=O) groups is 2. The first-order valence-electron chi connectivity index (χ1n) is 6.93. The summed E-state index contributed by atoms with van der Waals surface area (Å²) in [6.45, 7) is 4.81. The molecule has 0 radical (unpaired) electrons. The second-order valence-electron chi connectivity index (χ2n) is 5.02. The Morgan fingerprint density at radius 2 is 2.14 bits per heavy atom. The fourth-order valence-corrected chi connectivity index (χ4v) is 1.73. The van der Waals surface area contributed by atoms with Crippen LogP contribution in [0.15, 0.2) is 23.8 Å². The first-order valence-corrected chi connectivity index (χ1v) is 6.93. The highest BCUT2D eigenvalue weighted by Gasteiger charge is 2.32. The predicted octanol–water partition coefficient (Wildman–Crippen LogP) is 0.868. The Morgan fingerprint density at radius 3 is 2.71 bits per heavy atom. The number of ether oxygens (including phenoxy) is 2. The highest BCUT2D eigenvalue weighted by molar-refractivity contribution is 5.87. The van der Waals surface area contributed by atoms with Crippen LogP contribution in [0.2, 0.25) is 0 Å². The fourth-order valence-electron chi connectivity index (χ4n) is 1.73. The molecule has 0 saturated carbocycles. The monoisotopic (exact) mass is 298 g/mol. The van der Waals surface area contributed by atoms with E-state index in [1.807, 2.05) is 0 Å². The van der Waals surface area contributed by atoms with Crippen molar-refractivity contribution >= 4 is 11.9 Å². The van der Waals surface area contributed by atoms with E-state index < -0.39 is 30.4 Å². The van der Waals surface area contributed by atoms with Gasteiger partial charge in [0.15, 0.2) is 6.10 Å². The number of hydrogen-bond donors (Lipinski definition) is 2. The smallest absolute Gasteiger partial charge is 0.333 e. The number of allylic oxidation sites excluding steroid dienone is 1. The van der Waals surface area contributed by atoms with Gasteiger partial charge in [-0.1, -0.05) is 12.2 Å². The van der Waals surface area contributed by atoms with Gasteiger partial charge < -0.3 is 19.7 Å². The summed E-state index contributed by atoms with van der Waals surface area (Å²) >= 11 is 0. The van der Waals surface area contributed by atoms with Gasteiger partial charge in [-0.25, -0.2) is 4.79 Å². The van der Waals surface area contributed by atoms with E-state index in [0.717, 1.165) is 0 Å². The number of aliphatic hydroxyl groups excluding tert-OH is 2. The fraction of sp³-hybridized carbons (Fsp3) is 0.600. The maximum Gasteiger partial charge on any atom is 0.333 e. The quantitative estimate of drug-likeness (QED) is 0.444. The van der Waals surface area contributed by atoms with Crippen LogP contribution >= 0.6 is 0 Å². The first kappa shape index (κ1) is 17.4. The van der Waals surface area contributed by atoms with Crippen molar-refractivity contribution in [1.82, 2.24) is 0 Å². The number of esters is 2. The Bertz CT molecular complexity index is 437. The van der Waals surface area contributed by atoms with Gasteiger partial charge in [-0.05, 0) is 33.3 Å². The number of aliphatic hydroxyl groups is 2. The number of rotatable bonds is 5. The summed E-state index contributed by atoms with van der Waals surface area (Å²) in [7, 11) is 0. The van der Waals surface area contributed by atoms with Crippen LogP contribution in [0.25, 0.3) is 0 Å². The third-order valence-electron chi connectivity index (χ3n) is 3.27. The van der Waals surface area contributed by atoms with Crippen LogP contribution in [0.5, 0.6) is 0 Å². The molecule has 0 aromatic heterocycles. The zero-order chi connectivity index (χ0) is 16.0. The average molecular weight is 298 g/mol. The molecule has 0 amide bonds. The van der Waals surface area contributed by atoms with Gasteiger partial charge in [-0.15, -0.1) is 0 Å². The molecule has 0 bridgehead atoms. The van der Waals surface area contributed by atoms with Crippen molar-refractivity contribution in [1.29, 1.82) is 0 Å². The van der Waals surface area contributed by atoms with Crippen LogP contribution < -0.4 is 0 Å². The maximum absolute atomic E-state index is 11.8. The zero-order valence-electron chi connectivity index (χ0n) is 12.5. The lowest BCUT2D eigenvalue weighted by Crippen LogP contribution is -2.39. The molecule has 4 unspecified atom stereocenters. The lowest BCUT2D eigenvalue weighted by atomic mass is 10.0. The van der Waals surface area contributed by atoms with Crippen molar-refractivity contribution in [2.45, 2.75) is 58.0 Å². The molecule has 1 heterocycles. The van der Waals surface area contributed by atoms with Gasteiger partial charge in [0.2, 0.25) is 0 Å². The van der Waals surface area contributed by atoms with E-state index in [4.69, 9.17) is 9.47 Å². The number of cyclic esters (lactones) is 1. The van der Waals surface area contributed by atoms with E-state index in [1.165, 1.54) is 19.1 Å². The SMILES string of the molecule is C/C=C(\C)C(=O)OC1CCC(=O)OC1/C=C/C(O)C(C)O. The Kier molecular flexibility index (Phi) is 6.58. The van der Waals surface area contributed by atoms with Crippen LogP contribution in [0.4, 0.5) is 0 Å². The highest BCUT2D eigenvalue weighted by atomic mass is 16.6. The first-order chi connectivity index (χ1) is 9.85. The molecule has 1 rings (SSSR count). The second kappa shape index (κ2) is 7.95. The van der Waals surface area contributed by atoms with E-state index in [2.05, 4.69) is 0 Å². The molecule has 6 nitrogen and oxygen atoms in total. The van der Waals surface area contributed by atoms with Crippen molar-refractivity contribution in [3.8, 4) is 0 Å². The minimum absolute atomic E-state index is 0.177. The second-order valence-corrected chi connectivity index (χ2v) is 5.02. The molecule has 1 aliphatic heterocycles. The van der Waals surface area contributed by atoms with Gasteiger partial charge >= 0.3 is 11.9 Å². The number of carbonyl (C=O) groups excluding carboxylic acids is 2. The Labute approximate surface area is 124 Å². The van der Waals surface area contributed by atoms with Gasteiger partial charge in [0.25, 0.3) is 0 Å². The Balaban J connectivity index is 2.75. The van der Waals surface area contributed by atoms with Crippen LogP contribution in [0, 0.1) is 0 Å². The van der Waals surface area contributed by atoms with Crippen molar-refractivity contribution in [2.75, 3.05) is 0 Å². The molecule has 0 aromatic carbocycles. The van der Waals surface area contributed by atoms with Crippen molar-refractivity contribution in [2.24, 2.45) is 0 Å². The summed E-state index contributed by atoms with van der Waals surface area (Å²) in [5.74, 6) is -0.846. The molecule has 0 spiro atoms. The molecular formula is C15H22O6. The van der Waals surface area contributed by atoms with Gasteiger partial charge in [0.05, 0.1) is 12.2 Å². The van der Waals surface area contributed by atoms with Crippen LogP contribution in [0.3, 0.4) is 0 Å². The Hall–Kier alpha value is -1.66. The minimum atomic E-state index is -1.07. The van der Waals surface area contributed by atoms with E-state index in [0.29, 0.717) is 12.0 Å². The van der Waals surface area contributed by atoms with Gasteiger partial charge in [-0.2, -0.15) is 0 Å². The van der Waals surface area contributed by atoms with E-state index >= 15 is 0 Å². The van der Waals surface area contributed by atoms with Gasteiger partial charge in [0, 0.05) is 12.0 Å². The average Bonchev–Trinajstić information content (AvgIpc) is 2.45. The van der Waals surface area contributed by atoms with Gasteiger partial charge in [0.1, 0.15) is 6.10 Å². The zero-order valence-corrected chi connectivity index (χ0v) is 12.5. The largest absolute Gasteiger partial charge is 0.455 e. The van der Waals surface area contributed by atoms with E-state index in [1.54, 1.807) is 19.9 Å². The normalized spacial score (nSPS) is 26.3. The molecule has 0 aromatic rings. The molecule has 118 valence electrons. The third kappa shape index (κ3) is 5.32. The van der Waals surface area contributed by atoms with Crippen LogP contribution in [0.1, 0.15) is 33.6 Å².